The van der Waals surface area contributed by atoms with Gasteiger partial charge in [-0.3, -0.25) is 24.2 Å². The fraction of sp³-hybridized carbons (Fsp3) is 0.565. The summed E-state index contributed by atoms with van der Waals surface area (Å²) in [5.74, 6) is -2.06. The molecule has 3 N–H and O–H groups in total. The van der Waals surface area contributed by atoms with Gasteiger partial charge in [0.05, 0.1) is 38.7 Å². The molecule has 14 nitrogen and oxygen atoms in total. The number of esters is 3. The molecule has 5 aliphatic heterocycles. The number of benzene rings is 2. The lowest BCUT2D eigenvalue weighted by Gasteiger charge is -2.63. The number of ether oxygens (including phenoxy) is 4. The summed E-state index contributed by atoms with van der Waals surface area (Å²) in [5.41, 5.74) is -3.15. The highest BCUT2D eigenvalue weighted by molar-refractivity contribution is 5.96. The number of anilines is 1. The molecule has 2 saturated heterocycles. The van der Waals surface area contributed by atoms with Gasteiger partial charge in [0.15, 0.2) is 6.10 Å². The predicted molar refractivity (Wildman–Crippen MR) is 221 cm³/mol. The SMILES string of the molecule is CC[C@]1(O)C[C@H]2CN(CCc3c([nH]c4ccccc34)[C@](C(=O)OC)(c3cc4c(cc3OC)N(C=O)[C@H]3[C@@](O)(C(=O)OC)[C@H](OC(C)=O)[C@@]5(CC)C=CCN6CC[C@]43[C@H]65)C2)C1. The van der Waals surface area contributed by atoms with Crippen molar-refractivity contribution in [3.05, 3.63) is 70.9 Å². The van der Waals surface area contributed by atoms with E-state index in [1.54, 1.807) is 6.07 Å². The average molecular weight is 825 g/mol. The van der Waals surface area contributed by atoms with Gasteiger partial charge in [0, 0.05) is 78.2 Å². The number of amides is 1. The van der Waals surface area contributed by atoms with E-state index >= 15 is 4.79 Å². The molecular formula is C46H56N4O10. The molecule has 6 aliphatic rings. The highest BCUT2D eigenvalue weighted by atomic mass is 16.6. The van der Waals surface area contributed by atoms with E-state index in [0.29, 0.717) is 99.5 Å². The zero-order valence-corrected chi connectivity index (χ0v) is 35.3. The normalized spacial score (nSPS) is 36.5. The number of piperidine rings is 1. The van der Waals surface area contributed by atoms with Crippen LogP contribution in [0.5, 0.6) is 5.75 Å². The van der Waals surface area contributed by atoms with Gasteiger partial charge >= 0.3 is 17.9 Å². The van der Waals surface area contributed by atoms with Crippen molar-refractivity contribution < 1.29 is 48.3 Å². The highest BCUT2D eigenvalue weighted by Crippen LogP contribution is 2.68. The largest absolute Gasteiger partial charge is 0.496 e. The number of H-pyrrole nitrogens is 1. The smallest absolute Gasteiger partial charge is 0.344 e. The van der Waals surface area contributed by atoms with Crippen LogP contribution in [0, 0.1) is 11.3 Å². The molecule has 14 heteroatoms. The molecule has 1 aliphatic carbocycles. The summed E-state index contributed by atoms with van der Waals surface area (Å²) in [6.45, 7) is 8.16. The lowest BCUT2D eigenvalue weighted by atomic mass is 9.47. The maximum atomic E-state index is 15.3. The number of aliphatic hydroxyl groups is 2. The number of fused-ring (bicyclic) bond motifs is 6. The van der Waals surface area contributed by atoms with Gasteiger partial charge in [-0.2, -0.15) is 0 Å². The Morgan fingerprint density at radius 1 is 0.967 bits per heavy atom. The van der Waals surface area contributed by atoms with Crippen LogP contribution >= 0.6 is 0 Å². The second-order valence-corrected chi connectivity index (χ2v) is 18.1. The van der Waals surface area contributed by atoms with Crippen LogP contribution in [0.1, 0.15) is 75.3 Å². The van der Waals surface area contributed by atoms with Gasteiger partial charge in [0.1, 0.15) is 11.2 Å². The van der Waals surface area contributed by atoms with E-state index in [2.05, 4.69) is 20.9 Å². The van der Waals surface area contributed by atoms with Gasteiger partial charge in [-0.15, -0.1) is 0 Å². The summed E-state index contributed by atoms with van der Waals surface area (Å²) in [6.07, 6.45) is 5.83. The van der Waals surface area contributed by atoms with Crippen LogP contribution in [-0.4, -0.2) is 133 Å². The molecule has 9 rings (SSSR count). The second kappa shape index (κ2) is 14.1. The lowest BCUT2D eigenvalue weighted by molar-refractivity contribution is -0.228. The molecule has 320 valence electrons. The van der Waals surface area contributed by atoms with Gasteiger partial charge in [-0.25, -0.2) is 4.79 Å². The van der Waals surface area contributed by atoms with E-state index in [1.807, 2.05) is 50.3 Å². The number of aromatic nitrogens is 1. The van der Waals surface area contributed by atoms with Gasteiger partial charge < -0.3 is 39.0 Å². The molecule has 3 fully saturated rings. The van der Waals surface area contributed by atoms with Crippen molar-refractivity contribution in [3.63, 3.8) is 0 Å². The third-order valence-electron chi connectivity index (χ3n) is 15.5. The standard InChI is InChI=1S/C46H56N4O10/c1-7-42(55)22-28-23-45(40(53)58-5,36-30(14-18-48(24-28)25-42)29-12-9-10-13-33(29)47-36)32-20-31-34(21-35(32)57-4)50(26-51)38-44(31)16-19-49-17-11-15-43(8-2,37(44)49)39(60-27(3)52)46(38,56)41(54)59-6/h9-13,15,20-21,26,28,37-39,47,55-56H,7-8,14,16-19,22-25H2,1-6H3/t28-,37-,38-,39-,42+,43+,44-,45-,46+/m1/s1. The number of para-hydroxylation sites is 1. The molecule has 0 radical (unpaired) electrons. The first kappa shape index (κ1) is 40.6. The molecule has 2 aromatic carbocycles. The molecular weight excluding hydrogens is 769 g/mol. The van der Waals surface area contributed by atoms with Gasteiger partial charge in [0.25, 0.3) is 0 Å². The zero-order valence-electron chi connectivity index (χ0n) is 35.3. The Balaban J connectivity index is 1.38. The molecule has 2 bridgehead atoms. The first-order valence-electron chi connectivity index (χ1n) is 21.3. The quantitative estimate of drug-likeness (QED) is 0.131. The number of carbonyl (C=O) groups excluding carboxylic acids is 4. The fourth-order valence-corrected chi connectivity index (χ4v) is 13.4. The number of nitrogens with zero attached hydrogens (tertiary/aromatic N) is 3. The minimum atomic E-state index is -2.53. The number of hydrogen-bond acceptors (Lipinski definition) is 12. The maximum absolute atomic E-state index is 15.3. The summed E-state index contributed by atoms with van der Waals surface area (Å²) in [7, 11) is 4.09. The van der Waals surface area contributed by atoms with Crippen LogP contribution in [0.25, 0.3) is 10.9 Å². The van der Waals surface area contributed by atoms with Crippen LogP contribution in [0.2, 0.25) is 0 Å². The van der Waals surface area contributed by atoms with Gasteiger partial charge in [-0.1, -0.05) is 44.2 Å². The third-order valence-corrected chi connectivity index (χ3v) is 15.5. The number of carbonyl (C=O) groups is 4. The Morgan fingerprint density at radius 3 is 2.42 bits per heavy atom. The van der Waals surface area contributed by atoms with Crippen molar-refractivity contribution in [1.29, 1.82) is 0 Å². The van der Waals surface area contributed by atoms with Crippen molar-refractivity contribution in [3.8, 4) is 5.75 Å². The van der Waals surface area contributed by atoms with Crippen LogP contribution in [0.4, 0.5) is 5.69 Å². The van der Waals surface area contributed by atoms with Gasteiger partial charge in [0.2, 0.25) is 12.0 Å². The van der Waals surface area contributed by atoms with Crippen LogP contribution in [0.15, 0.2) is 48.6 Å². The van der Waals surface area contributed by atoms with E-state index in [4.69, 9.17) is 18.9 Å². The lowest BCUT2D eigenvalue weighted by Crippen LogP contribution is -2.81. The second-order valence-electron chi connectivity index (χ2n) is 18.1. The van der Waals surface area contributed by atoms with Crippen molar-refractivity contribution in [1.82, 2.24) is 14.8 Å². The van der Waals surface area contributed by atoms with E-state index in [9.17, 15) is 24.6 Å². The predicted octanol–water partition coefficient (Wildman–Crippen LogP) is 3.52. The highest BCUT2D eigenvalue weighted by Gasteiger charge is 2.81. The van der Waals surface area contributed by atoms with Crippen molar-refractivity contribution in [2.75, 3.05) is 59.0 Å². The van der Waals surface area contributed by atoms with Crippen molar-refractivity contribution >= 4 is 40.9 Å². The van der Waals surface area contributed by atoms with E-state index < -0.39 is 63.5 Å². The van der Waals surface area contributed by atoms with E-state index in [0.717, 1.165) is 16.5 Å². The monoisotopic (exact) mass is 824 g/mol. The Labute approximate surface area is 349 Å². The number of hydrogen-bond donors (Lipinski definition) is 3. The van der Waals surface area contributed by atoms with E-state index in [1.165, 1.54) is 33.2 Å². The first-order valence-corrected chi connectivity index (χ1v) is 21.3. The minimum absolute atomic E-state index is 0.155. The van der Waals surface area contributed by atoms with Crippen LogP contribution in [0.3, 0.4) is 0 Å². The fourth-order valence-electron chi connectivity index (χ4n) is 13.4. The Kier molecular flexibility index (Phi) is 9.58. The minimum Gasteiger partial charge on any atom is -0.496 e. The number of rotatable bonds is 8. The first-order chi connectivity index (χ1) is 28.8. The van der Waals surface area contributed by atoms with Crippen molar-refractivity contribution in [2.45, 2.75) is 99.5 Å². The third kappa shape index (κ3) is 5.19. The molecule has 1 unspecified atom stereocenters. The average Bonchev–Trinajstić information content (AvgIpc) is 3.92. The summed E-state index contributed by atoms with van der Waals surface area (Å²) in [6, 6.07) is 9.97. The number of aromatic amines is 1. The van der Waals surface area contributed by atoms with Crippen molar-refractivity contribution in [2.24, 2.45) is 11.3 Å². The Morgan fingerprint density at radius 2 is 1.73 bits per heavy atom. The van der Waals surface area contributed by atoms with Gasteiger partial charge in [-0.05, 0) is 74.2 Å². The summed E-state index contributed by atoms with van der Waals surface area (Å²) < 4.78 is 23.7. The topological polar surface area (TPSA) is 171 Å². The molecule has 10 atom stereocenters. The summed E-state index contributed by atoms with van der Waals surface area (Å²) in [4.78, 5) is 66.1. The zero-order chi connectivity index (χ0) is 42.6. The molecule has 1 saturated carbocycles. The molecule has 1 amide bonds. The molecule has 3 aromatic rings. The Bertz CT molecular complexity index is 2310. The molecule has 1 aromatic heterocycles. The molecule has 60 heavy (non-hydrogen) atoms. The Hall–Kier alpha value is -4.76. The summed E-state index contributed by atoms with van der Waals surface area (Å²) in [5, 5.41) is 26.3. The number of methoxy groups -OCH3 is 3. The van der Waals surface area contributed by atoms with Crippen LogP contribution < -0.4 is 9.64 Å². The van der Waals surface area contributed by atoms with Crippen LogP contribution in [-0.2, 0) is 50.6 Å². The maximum Gasteiger partial charge on any atom is 0.344 e. The molecule has 1 spiro atoms. The molecule has 6 heterocycles. The number of nitrogens with one attached hydrogen (secondary N) is 1. The summed E-state index contributed by atoms with van der Waals surface area (Å²) >= 11 is 0. The van der Waals surface area contributed by atoms with E-state index in [-0.39, 0.29) is 12.3 Å².